The largest absolute Gasteiger partial charge is 0.352 e. The summed E-state index contributed by atoms with van der Waals surface area (Å²) in [4.78, 5) is 2.37. The average molecular weight is 237 g/mol. The van der Waals surface area contributed by atoms with Crippen molar-refractivity contribution in [2.45, 2.75) is 44.3 Å². The van der Waals surface area contributed by atoms with Gasteiger partial charge >= 0.3 is 0 Å². The molecule has 1 fully saturated rings. The second-order valence-corrected chi connectivity index (χ2v) is 5.25. The summed E-state index contributed by atoms with van der Waals surface area (Å²) in [5.74, 6) is 0. The number of nitrogens with zero attached hydrogens (tertiary/aromatic N) is 1. The smallest absolute Gasteiger partial charge is 0.0774 e. The van der Waals surface area contributed by atoms with Gasteiger partial charge in [0.15, 0.2) is 0 Å². The fourth-order valence-electron chi connectivity index (χ4n) is 3.12. The van der Waals surface area contributed by atoms with Gasteiger partial charge in [0.1, 0.15) is 0 Å². The van der Waals surface area contributed by atoms with Crippen LogP contribution in [0.5, 0.6) is 0 Å². The Morgan fingerprint density at radius 2 is 2.12 bits per heavy atom. The topological polar surface area (TPSA) is 29.3 Å². The van der Waals surface area contributed by atoms with Crippen molar-refractivity contribution in [2.75, 3.05) is 4.90 Å². The van der Waals surface area contributed by atoms with Gasteiger partial charge in [-0.2, -0.15) is 0 Å². The first-order chi connectivity index (χ1) is 7.77. The minimum atomic E-state index is 0.151. The molecule has 16 heavy (non-hydrogen) atoms. The highest BCUT2D eigenvalue weighted by molar-refractivity contribution is 6.33. The van der Waals surface area contributed by atoms with Gasteiger partial charge in [0.2, 0.25) is 0 Å². The number of nitrogens with two attached hydrogens (primary N) is 1. The molecule has 0 spiro atoms. The quantitative estimate of drug-likeness (QED) is 0.751. The first-order valence-electron chi connectivity index (χ1n) is 6.08. The maximum Gasteiger partial charge on any atom is 0.0774 e. The molecule has 0 aromatic heterocycles. The fraction of sp³-hybridized carbons (Fsp3) is 0.538. The predicted molar refractivity (Wildman–Crippen MR) is 67.9 cm³/mol. The maximum atomic E-state index is 6.33. The molecule has 1 aromatic carbocycles. The zero-order valence-corrected chi connectivity index (χ0v) is 10.1. The van der Waals surface area contributed by atoms with E-state index in [2.05, 4.69) is 11.0 Å². The number of aryl methyl sites for hydroxylation is 1. The van der Waals surface area contributed by atoms with Crippen LogP contribution >= 0.6 is 11.6 Å². The second-order valence-electron chi connectivity index (χ2n) is 4.85. The summed E-state index contributed by atoms with van der Waals surface area (Å²) in [6.07, 6.45) is 6.12. The normalized spacial score (nSPS) is 28.5. The number of fused-ring (bicyclic) bond motifs is 3. The SMILES string of the molecule is NC1CCCC2CCc3cccc(Cl)c3N12. The Labute approximate surface area is 101 Å². The molecule has 3 heteroatoms. The molecule has 2 nitrogen and oxygen atoms in total. The summed E-state index contributed by atoms with van der Waals surface area (Å²) in [6.45, 7) is 0. The van der Waals surface area contributed by atoms with Gasteiger partial charge < -0.3 is 10.6 Å². The van der Waals surface area contributed by atoms with Gasteiger partial charge in [-0.1, -0.05) is 23.7 Å². The Morgan fingerprint density at radius 3 is 3.00 bits per heavy atom. The minimum absolute atomic E-state index is 0.151. The van der Waals surface area contributed by atoms with Crippen LogP contribution in [0.25, 0.3) is 0 Å². The summed E-state index contributed by atoms with van der Waals surface area (Å²) in [6, 6.07) is 6.80. The summed E-state index contributed by atoms with van der Waals surface area (Å²) in [7, 11) is 0. The van der Waals surface area contributed by atoms with Crippen molar-refractivity contribution in [3.05, 3.63) is 28.8 Å². The van der Waals surface area contributed by atoms with Crippen molar-refractivity contribution in [2.24, 2.45) is 5.73 Å². The summed E-state index contributed by atoms with van der Waals surface area (Å²) in [5, 5.41) is 0.861. The third-order valence-corrected chi connectivity index (χ3v) is 4.17. The monoisotopic (exact) mass is 236 g/mol. The average Bonchev–Trinajstić information content (AvgIpc) is 2.29. The summed E-state index contributed by atoms with van der Waals surface area (Å²) in [5.41, 5.74) is 8.80. The Balaban J connectivity index is 2.08. The molecule has 1 saturated heterocycles. The van der Waals surface area contributed by atoms with Crippen molar-refractivity contribution < 1.29 is 0 Å². The van der Waals surface area contributed by atoms with E-state index in [1.54, 1.807) is 0 Å². The highest BCUT2D eigenvalue weighted by Crippen LogP contribution is 2.40. The molecule has 0 aliphatic carbocycles. The summed E-state index contributed by atoms with van der Waals surface area (Å²) < 4.78 is 0. The van der Waals surface area contributed by atoms with Crippen molar-refractivity contribution in [1.82, 2.24) is 0 Å². The van der Waals surface area contributed by atoms with Crippen LogP contribution in [0.2, 0.25) is 5.02 Å². The Bertz CT molecular complexity index is 405. The molecule has 0 amide bonds. The fourth-order valence-corrected chi connectivity index (χ4v) is 3.41. The number of piperidine rings is 1. The molecule has 3 rings (SSSR count). The number of rotatable bonds is 0. The third kappa shape index (κ3) is 1.52. The van der Waals surface area contributed by atoms with Gasteiger partial charge in [-0.25, -0.2) is 0 Å². The van der Waals surface area contributed by atoms with Crippen molar-refractivity contribution >= 4 is 17.3 Å². The highest BCUT2D eigenvalue weighted by atomic mass is 35.5. The molecule has 2 aliphatic heterocycles. The number of para-hydroxylation sites is 1. The molecule has 2 unspecified atom stereocenters. The van der Waals surface area contributed by atoms with Crippen LogP contribution in [0.1, 0.15) is 31.2 Å². The van der Waals surface area contributed by atoms with Crippen LogP contribution in [0, 0.1) is 0 Å². The Kier molecular flexibility index (Phi) is 2.56. The van der Waals surface area contributed by atoms with E-state index in [0.717, 1.165) is 17.9 Å². The number of hydrogen-bond donors (Lipinski definition) is 1. The molecular formula is C13H17ClN2. The number of hydrogen-bond acceptors (Lipinski definition) is 2. The predicted octanol–water partition coefficient (Wildman–Crippen LogP) is 2.93. The lowest BCUT2D eigenvalue weighted by Gasteiger charge is -2.46. The Morgan fingerprint density at radius 1 is 1.25 bits per heavy atom. The lowest BCUT2D eigenvalue weighted by Crippen LogP contribution is -2.53. The van der Waals surface area contributed by atoms with Crippen molar-refractivity contribution in [3.8, 4) is 0 Å². The molecular weight excluding hydrogens is 220 g/mol. The zero-order valence-electron chi connectivity index (χ0n) is 9.32. The van der Waals surface area contributed by atoms with Crippen LogP contribution in [-0.2, 0) is 6.42 Å². The Hall–Kier alpha value is -0.730. The van der Waals surface area contributed by atoms with Gasteiger partial charge in [-0.15, -0.1) is 0 Å². The number of anilines is 1. The first kappa shape index (κ1) is 10.4. The van der Waals surface area contributed by atoms with E-state index in [1.807, 2.05) is 12.1 Å². The molecule has 1 aromatic rings. The lowest BCUT2D eigenvalue weighted by molar-refractivity contribution is 0.361. The van der Waals surface area contributed by atoms with Crippen LogP contribution in [0.4, 0.5) is 5.69 Å². The molecule has 2 heterocycles. The van der Waals surface area contributed by atoms with Crippen molar-refractivity contribution in [3.63, 3.8) is 0 Å². The van der Waals surface area contributed by atoms with E-state index < -0.39 is 0 Å². The van der Waals surface area contributed by atoms with Gasteiger partial charge in [0.25, 0.3) is 0 Å². The standard InChI is InChI=1S/C13H17ClN2/c14-11-5-1-3-9-7-8-10-4-2-6-12(15)16(10)13(9)11/h1,3,5,10,12H,2,4,6-8,15H2. The maximum absolute atomic E-state index is 6.33. The molecule has 0 bridgehead atoms. The molecule has 0 saturated carbocycles. The number of halogens is 1. The van der Waals surface area contributed by atoms with E-state index in [4.69, 9.17) is 17.3 Å². The minimum Gasteiger partial charge on any atom is -0.352 e. The van der Waals surface area contributed by atoms with Crippen LogP contribution in [0.3, 0.4) is 0 Å². The van der Waals surface area contributed by atoms with Gasteiger partial charge in [-0.05, 0) is 43.7 Å². The molecule has 2 aliphatic rings. The molecule has 86 valence electrons. The number of benzene rings is 1. The van der Waals surface area contributed by atoms with Gasteiger partial charge in [0, 0.05) is 6.04 Å². The van der Waals surface area contributed by atoms with Crippen LogP contribution in [0.15, 0.2) is 18.2 Å². The molecule has 2 N–H and O–H groups in total. The van der Waals surface area contributed by atoms with E-state index in [0.29, 0.717) is 6.04 Å². The highest BCUT2D eigenvalue weighted by Gasteiger charge is 2.33. The van der Waals surface area contributed by atoms with Crippen molar-refractivity contribution in [1.29, 1.82) is 0 Å². The van der Waals surface area contributed by atoms with Gasteiger partial charge in [-0.3, -0.25) is 0 Å². The third-order valence-electron chi connectivity index (χ3n) is 3.86. The van der Waals surface area contributed by atoms with E-state index in [1.165, 1.54) is 30.5 Å². The molecule has 2 atom stereocenters. The second kappa shape index (κ2) is 3.94. The zero-order chi connectivity index (χ0) is 11.1. The van der Waals surface area contributed by atoms with E-state index >= 15 is 0 Å². The lowest BCUT2D eigenvalue weighted by atomic mass is 9.88. The van der Waals surface area contributed by atoms with E-state index in [9.17, 15) is 0 Å². The van der Waals surface area contributed by atoms with E-state index in [-0.39, 0.29) is 6.17 Å². The summed E-state index contributed by atoms with van der Waals surface area (Å²) >= 11 is 6.33. The van der Waals surface area contributed by atoms with Gasteiger partial charge in [0.05, 0.1) is 16.9 Å². The molecule has 0 radical (unpaired) electrons. The van der Waals surface area contributed by atoms with Crippen LogP contribution in [-0.4, -0.2) is 12.2 Å². The van der Waals surface area contributed by atoms with Crippen LogP contribution < -0.4 is 10.6 Å². The first-order valence-corrected chi connectivity index (χ1v) is 6.46.